The van der Waals surface area contributed by atoms with E-state index in [1.165, 1.54) is 11.3 Å². The highest BCUT2D eigenvalue weighted by atomic mass is 35.5. The lowest BCUT2D eigenvalue weighted by molar-refractivity contribution is 0.236. The second-order valence-corrected chi connectivity index (χ2v) is 5.64. The van der Waals surface area contributed by atoms with E-state index in [4.69, 9.17) is 11.6 Å². The Labute approximate surface area is 117 Å². The molecule has 0 radical (unpaired) electrons. The van der Waals surface area contributed by atoms with Crippen LogP contribution in [0.1, 0.15) is 18.7 Å². The molecule has 0 aliphatic carbocycles. The van der Waals surface area contributed by atoms with Gasteiger partial charge in [-0.3, -0.25) is 0 Å². The number of urea groups is 1. The van der Waals surface area contributed by atoms with Crippen molar-refractivity contribution >= 4 is 29.0 Å². The summed E-state index contributed by atoms with van der Waals surface area (Å²) in [7, 11) is 0. The molecule has 0 fully saturated rings. The number of nitrogens with zero attached hydrogens (tertiary/aromatic N) is 1. The molecule has 0 saturated heterocycles. The van der Waals surface area contributed by atoms with Crippen LogP contribution in [0.2, 0.25) is 4.34 Å². The van der Waals surface area contributed by atoms with Gasteiger partial charge in [-0.2, -0.15) is 0 Å². The maximum Gasteiger partial charge on any atom is 0.315 e. The van der Waals surface area contributed by atoms with E-state index in [9.17, 15) is 4.79 Å². The molecule has 0 saturated carbocycles. The zero-order valence-corrected chi connectivity index (χ0v) is 12.4. The highest BCUT2D eigenvalue weighted by Crippen LogP contribution is 2.20. The smallest absolute Gasteiger partial charge is 0.315 e. The van der Waals surface area contributed by atoms with E-state index in [1.807, 2.05) is 12.1 Å². The normalized spacial score (nSPS) is 10.7. The van der Waals surface area contributed by atoms with Gasteiger partial charge in [0.05, 0.1) is 10.9 Å². The Balaban J connectivity index is 2.14. The van der Waals surface area contributed by atoms with Gasteiger partial charge in [0.15, 0.2) is 0 Å². The van der Waals surface area contributed by atoms with Gasteiger partial charge in [0, 0.05) is 18.0 Å². The average molecular weight is 290 g/mol. The Morgan fingerprint density at radius 2 is 2.06 bits per heavy atom. The third-order valence-corrected chi connectivity index (χ3v) is 3.89. The summed E-state index contributed by atoms with van der Waals surface area (Å²) in [6.45, 7) is 8.31. The van der Waals surface area contributed by atoms with Crippen molar-refractivity contribution in [1.29, 1.82) is 0 Å². The van der Waals surface area contributed by atoms with E-state index in [1.54, 1.807) is 0 Å². The molecule has 1 aromatic rings. The first-order valence-electron chi connectivity index (χ1n) is 6.14. The summed E-state index contributed by atoms with van der Waals surface area (Å²) in [5.41, 5.74) is 0. The summed E-state index contributed by atoms with van der Waals surface area (Å²) in [5.74, 6) is 0. The topological polar surface area (TPSA) is 44.4 Å². The fourth-order valence-electron chi connectivity index (χ4n) is 1.54. The molecule has 0 spiro atoms. The van der Waals surface area contributed by atoms with Crippen LogP contribution in [-0.4, -0.2) is 37.1 Å². The number of thiophene rings is 1. The Kier molecular flexibility index (Phi) is 7.08. The predicted molar refractivity (Wildman–Crippen MR) is 77.4 cm³/mol. The fraction of sp³-hybridized carbons (Fsp3) is 0.583. The number of hydrogen-bond donors (Lipinski definition) is 2. The van der Waals surface area contributed by atoms with Gasteiger partial charge in [0.2, 0.25) is 0 Å². The number of likely N-dealkylation sites (N-methyl/N-ethyl adjacent to an activating group) is 1. The molecule has 2 N–H and O–H groups in total. The zero-order valence-electron chi connectivity index (χ0n) is 10.8. The van der Waals surface area contributed by atoms with Crippen LogP contribution in [-0.2, 0) is 6.54 Å². The van der Waals surface area contributed by atoms with Crippen molar-refractivity contribution < 1.29 is 4.79 Å². The van der Waals surface area contributed by atoms with Crippen LogP contribution in [0.3, 0.4) is 0 Å². The number of halogens is 1. The third kappa shape index (κ3) is 5.71. The Hall–Kier alpha value is -0.780. The van der Waals surface area contributed by atoms with Gasteiger partial charge < -0.3 is 15.5 Å². The minimum Gasteiger partial charge on any atom is -0.337 e. The second kappa shape index (κ2) is 8.34. The molecule has 1 rings (SSSR count). The maximum atomic E-state index is 11.5. The highest BCUT2D eigenvalue weighted by Gasteiger charge is 2.03. The molecule has 4 nitrogen and oxygen atoms in total. The van der Waals surface area contributed by atoms with Crippen LogP contribution in [0.5, 0.6) is 0 Å². The van der Waals surface area contributed by atoms with Crippen molar-refractivity contribution in [3.05, 3.63) is 21.3 Å². The van der Waals surface area contributed by atoms with Crippen LogP contribution in [0.4, 0.5) is 4.79 Å². The SMILES string of the molecule is CCN(CC)CCNC(=O)NCc1ccc(Cl)s1. The minimum atomic E-state index is -0.133. The lowest BCUT2D eigenvalue weighted by Crippen LogP contribution is -2.40. The molecular formula is C12H20ClN3OS. The number of rotatable bonds is 7. The Morgan fingerprint density at radius 1 is 1.33 bits per heavy atom. The summed E-state index contributed by atoms with van der Waals surface area (Å²) < 4.78 is 0.744. The molecule has 0 aromatic carbocycles. The van der Waals surface area contributed by atoms with Crippen molar-refractivity contribution in [2.24, 2.45) is 0 Å². The molecule has 0 unspecified atom stereocenters. The van der Waals surface area contributed by atoms with E-state index in [0.29, 0.717) is 13.1 Å². The van der Waals surface area contributed by atoms with Crippen molar-refractivity contribution in [1.82, 2.24) is 15.5 Å². The van der Waals surface area contributed by atoms with E-state index in [2.05, 4.69) is 29.4 Å². The van der Waals surface area contributed by atoms with Crippen molar-refractivity contribution in [3.8, 4) is 0 Å². The summed E-state index contributed by atoms with van der Waals surface area (Å²) in [6.07, 6.45) is 0. The molecule has 2 amide bonds. The highest BCUT2D eigenvalue weighted by molar-refractivity contribution is 7.16. The van der Waals surface area contributed by atoms with E-state index < -0.39 is 0 Å². The van der Waals surface area contributed by atoms with Crippen LogP contribution in [0.25, 0.3) is 0 Å². The monoisotopic (exact) mass is 289 g/mol. The van der Waals surface area contributed by atoms with Gasteiger partial charge in [-0.15, -0.1) is 11.3 Å². The number of carbonyl (C=O) groups excluding carboxylic acids is 1. The van der Waals surface area contributed by atoms with Gasteiger partial charge in [0.25, 0.3) is 0 Å². The Bertz CT molecular complexity index is 366. The van der Waals surface area contributed by atoms with E-state index >= 15 is 0 Å². The summed E-state index contributed by atoms with van der Waals surface area (Å²) >= 11 is 7.29. The number of nitrogens with one attached hydrogen (secondary N) is 2. The van der Waals surface area contributed by atoms with Crippen LogP contribution in [0, 0.1) is 0 Å². The fourth-order valence-corrected chi connectivity index (χ4v) is 2.57. The first-order chi connectivity index (χ1) is 8.65. The van der Waals surface area contributed by atoms with Crippen LogP contribution >= 0.6 is 22.9 Å². The summed E-state index contributed by atoms with van der Waals surface area (Å²) in [5, 5.41) is 5.64. The van der Waals surface area contributed by atoms with Gasteiger partial charge in [-0.25, -0.2) is 4.79 Å². The molecule has 102 valence electrons. The lowest BCUT2D eigenvalue weighted by Gasteiger charge is -2.17. The van der Waals surface area contributed by atoms with Gasteiger partial charge in [-0.05, 0) is 25.2 Å². The van der Waals surface area contributed by atoms with Crippen LogP contribution < -0.4 is 10.6 Å². The zero-order chi connectivity index (χ0) is 13.4. The van der Waals surface area contributed by atoms with Crippen molar-refractivity contribution in [2.45, 2.75) is 20.4 Å². The molecule has 6 heteroatoms. The molecule has 0 atom stereocenters. The largest absolute Gasteiger partial charge is 0.337 e. The average Bonchev–Trinajstić information content (AvgIpc) is 2.78. The Morgan fingerprint density at radius 3 is 2.61 bits per heavy atom. The second-order valence-electron chi connectivity index (χ2n) is 3.84. The first-order valence-corrected chi connectivity index (χ1v) is 7.33. The van der Waals surface area contributed by atoms with Crippen molar-refractivity contribution in [3.63, 3.8) is 0 Å². The third-order valence-electron chi connectivity index (χ3n) is 2.66. The maximum absolute atomic E-state index is 11.5. The molecule has 1 aromatic heterocycles. The van der Waals surface area contributed by atoms with Gasteiger partial charge in [0.1, 0.15) is 0 Å². The quantitative estimate of drug-likeness (QED) is 0.810. The first kappa shape index (κ1) is 15.3. The predicted octanol–water partition coefficient (Wildman–Crippen LogP) is 2.54. The van der Waals surface area contributed by atoms with Gasteiger partial charge in [-0.1, -0.05) is 25.4 Å². The standard InChI is InChI=1S/C12H20ClN3OS/c1-3-16(4-2)8-7-14-12(17)15-9-10-5-6-11(13)18-10/h5-6H,3-4,7-9H2,1-2H3,(H2,14,15,17). The molecule has 0 bridgehead atoms. The van der Waals surface area contributed by atoms with E-state index in [-0.39, 0.29) is 6.03 Å². The molecule has 0 aliphatic rings. The molecule has 0 aliphatic heterocycles. The number of hydrogen-bond acceptors (Lipinski definition) is 3. The van der Waals surface area contributed by atoms with Crippen molar-refractivity contribution in [2.75, 3.05) is 26.2 Å². The summed E-state index contributed by atoms with van der Waals surface area (Å²) in [4.78, 5) is 14.8. The molecule has 1 heterocycles. The van der Waals surface area contributed by atoms with E-state index in [0.717, 1.165) is 28.8 Å². The number of amides is 2. The summed E-state index contributed by atoms with van der Waals surface area (Å²) in [6, 6.07) is 3.62. The molecule has 18 heavy (non-hydrogen) atoms. The lowest BCUT2D eigenvalue weighted by atomic mass is 10.4. The molecular weight excluding hydrogens is 270 g/mol. The minimum absolute atomic E-state index is 0.133. The van der Waals surface area contributed by atoms with Crippen LogP contribution in [0.15, 0.2) is 12.1 Å². The van der Waals surface area contributed by atoms with Gasteiger partial charge >= 0.3 is 6.03 Å². The number of carbonyl (C=O) groups is 1.